The summed E-state index contributed by atoms with van der Waals surface area (Å²) in [5, 5.41) is 18.5. The van der Waals surface area contributed by atoms with Crippen LogP contribution in [0.25, 0.3) is 10.6 Å². The minimum Gasteiger partial charge on any atom is -0.476 e. The van der Waals surface area contributed by atoms with E-state index in [9.17, 15) is 9.59 Å². The van der Waals surface area contributed by atoms with Crippen molar-refractivity contribution in [2.24, 2.45) is 7.05 Å². The predicted octanol–water partition coefficient (Wildman–Crippen LogP) is 3.28. The number of carboxylic acids is 1. The number of carbonyl (C=O) groups is 2. The molecular weight excluding hydrogens is 376 g/mol. The third kappa shape index (κ3) is 3.96. The van der Waals surface area contributed by atoms with E-state index < -0.39 is 5.97 Å². The molecule has 2 N–H and O–H groups in total. The average Bonchev–Trinajstić information content (AvgIpc) is 3.25. The molecule has 8 heteroatoms. The SMILES string of the molecule is Cc1nn(C)c(C)c1C(C)C(=O)NCc1cccc(-c2nc(C(=O)O)cs2)c1. The molecule has 0 bridgehead atoms. The van der Waals surface area contributed by atoms with Crippen molar-refractivity contribution < 1.29 is 14.7 Å². The molecule has 0 saturated carbocycles. The molecule has 0 spiro atoms. The number of nitrogens with one attached hydrogen (secondary N) is 1. The number of hydrogen-bond acceptors (Lipinski definition) is 5. The van der Waals surface area contributed by atoms with Gasteiger partial charge in [0.15, 0.2) is 5.69 Å². The largest absolute Gasteiger partial charge is 0.476 e. The number of benzene rings is 1. The summed E-state index contributed by atoms with van der Waals surface area (Å²) in [4.78, 5) is 27.8. The van der Waals surface area contributed by atoms with E-state index in [1.807, 2.05) is 52.1 Å². The topological polar surface area (TPSA) is 97.1 Å². The first-order valence-electron chi connectivity index (χ1n) is 8.84. The first-order valence-corrected chi connectivity index (χ1v) is 9.71. The Hall–Kier alpha value is -3.00. The summed E-state index contributed by atoms with van der Waals surface area (Å²) in [6, 6.07) is 7.58. The Kier molecular flexibility index (Phi) is 5.60. The zero-order chi connectivity index (χ0) is 20.4. The second-order valence-corrected chi connectivity index (χ2v) is 7.55. The Morgan fingerprint density at radius 1 is 1.32 bits per heavy atom. The van der Waals surface area contributed by atoms with Crippen molar-refractivity contribution in [3.05, 3.63) is 57.9 Å². The first kappa shape index (κ1) is 19.8. The number of amides is 1. The van der Waals surface area contributed by atoms with Crippen LogP contribution < -0.4 is 5.32 Å². The standard InChI is InChI=1S/C20H22N4O3S/c1-11(17-12(2)23-24(4)13(17)3)18(25)21-9-14-6-5-7-15(8-14)19-22-16(10-28-19)20(26)27/h5-8,10-11H,9H2,1-4H3,(H,21,25)(H,26,27). The van der Waals surface area contributed by atoms with Crippen LogP contribution in [-0.4, -0.2) is 31.7 Å². The van der Waals surface area contributed by atoms with Crippen LogP contribution in [0, 0.1) is 13.8 Å². The number of thiazole rings is 1. The third-order valence-electron chi connectivity index (χ3n) is 4.76. The number of aryl methyl sites for hydroxylation is 2. The van der Waals surface area contributed by atoms with Gasteiger partial charge in [-0.25, -0.2) is 9.78 Å². The fourth-order valence-electron chi connectivity index (χ4n) is 3.21. The van der Waals surface area contributed by atoms with Crippen molar-refractivity contribution in [2.45, 2.75) is 33.2 Å². The maximum absolute atomic E-state index is 12.6. The number of nitrogens with zero attached hydrogens (tertiary/aromatic N) is 3. The van der Waals surface area contributed by atoms with Crippen molar-refractivity contribution in [2.75, 3.05) is 0 Å². The molecule has 1 atom stereocenters. The number of carbonyl (C=O) groups excluding carboxylic acids is 1. The summed E-state index contributed by atoms with van der Waals surface area (Å²) in [7, 11) is 1.87. The average molecular weight is 398 g/mol. The Labute approximate surface area is 167 Å². The highest BCUT2D eigenvalue weighted by molar-refractivity contribution is 7.13. The first-order chi connectivity index (χ1) is 13.3. The molecule has 0 fully saturated rings. The van der Waals surface area contributed by atoms with Crippen LogP contribution >= 0.6 is 11.3 Å². The van der Waals surface area contributed by atoms with Gasteiger partial charge >= 0.3 is 5.97 Å². The molecule has 0 radical (unpaired) electrons. The Bertz CT molecular complexity index is 1040. The lowest BCUT2D eigenvalue weighted by atomic mass is 9.98. The van der Waals surface area contributed by atoms with Crippen LogP contribution in [0.5, 0.6) is 0 Å². The maximum Gasteiger partial charge on any atom is 0.355 e. The van der Waals surface area contributed by atoms with Gasteiger partial charge in [0.1, 0.15) is 5.01 Å². The highest BCUT2D eigenvalue weighted by atomic mass is 32.1. The van der Waals surface area contributed by atoms with Gasteiger partial charge in [-0.1, -0.05) is 18.2 Å². The molecule has 3 rings (SSSR count). The van der Waals surface area contributed by atoms with Gasteiger partial charge in [-0.3, -0.25) is 9.48 Å². The number of aromatic nitrogens is 3. The minimum atomic E-state index is -1.04. The molecule has 146 valence electrons. The normalized spacial score (nSPS) is 12.0. The maximum atomic E-state index is 12.6. The quantitative estimate of drug-likeness (QED) is 0.664. The van der Waals surface area contributed by atoms with E-state index in [4.69, 9.17) is 5.11 Å². The molecule has 0 saturated heterocycles. The zero-order valence-electron chi connectivity index (χ0n) is 16.2. The molecule has 3 aromatic rings. The van der Waals surface area contributed by atoms with Crippen LogP contribution in [0.3, 0.4) is 0 Å². The van der Waals surface area contributed by atoms with Gasteiger partial charge in [0.2, 0.25) is 5.91 Å². The molecule has 7 nitrogen and oxygen atoms in total. The Morgan fingerprint density at radius 3 is 2.68 bits per heavy atom. The fraction of sp³-hybridized carbons (Fsp3) is 0.300. The Morgan fingerprint density at radius 2 is 2.07 bits per heavy atom. The molecule has 0 aliphatic heterocycles. The van der Waals surface area contributed by atoms with Crippen LogP contribution in [0.1, 0.15) is 45.8 Å². The van der Waals surface area contributed by atoms with E-state index in [1.165, 1.54) is 16.7 Å². The molecule has 1 unspecified atom stereocenters. The van der Waals surface area contributed by atoms with Gasteiger partial charge in [-0.15, -0.1) is 11.3 Å². The lowest BCUT2D eigenvalue weighted by molar-refractivity contribution is -0.122. The van der Waals surface area contributed by atoms with Crippen LogP contribution in [0.4, 0.5) is 0 Å². The summed E-state index contributed by atoms with van der Waals surface area (Å²) in [5.74, 6) is -1.40. The monoisotopic (exact) mass is 398 g/mol. The van der Waals surface area contributed by atoms with Gasteiger partial charge in [-0.2, -0.15) is 5.10 Å². The van der Waals surface area contributed by atoms with E-state index in [-0.39, 0.29) is 17.5 Å². The summed E-state index contributed by atoms with van der Waals surface area (Å²) >= 11 is 1.28. The molecule has 2 aromatic heterocycles. The van der Waals surface area contributed by atoms with E-state index in [0.717, 1.165) is 28.1 Å². The van der Waals surface area contributed by atoms with Crippen molar-refractivity contribution in [3.8, 4) is 10.6 Å². The van der Waals surface area contributed by atoms with Gasteiger partial charge in [-0.05, 0) is 32.4 Å². The second-order valence-electron chi connectivity index (χ2n) is 6.69. The molecular formula is C20H22N4O3S. The smallest absolute Gasteiger partial charge is 0.355 e. The number of hydrogen-bond donors (Lipinski definition) is 2. The van der Waals surface area contributed by atoms with Gasteiger partial charge in [0.05, 0.1) is 11.6 Å². The summed E-state index contributed by atoms with van der Waals surface area (Å²) in [6.45, 7) is 6.13. The van der Waals surface area contributed by atoms with E-state index in [1.54, 1.807) is 4.68 Å². The highest BCUT2D eigenvalue weighted by Crippen LogP contribution is 2.25. The van der Waals surface area contributed by atoms with E-state index in [2.05, 4.69) is 15.4 Å². The number of carboxylic acid groups (broad SMARTS) is 1. The Balaban J connectivity index is 1.70. The van der Waals surface area contributed by atoms with E-state index >= 15 is 0 Å². The van der Waals surface area contributed by atoms with E-state index in [0.29, 0.717) is 11.6 Å². The van der Waals surface area contributed by atoms with Crippen LogP contribution in [0.15, 0.2) is 29.6 Å². The van der Waals surface area contributed by atoms with Gasteiger partial charge in [0.25, 0.3) is 0 Å². The van der Waals surface area contributed by atoms with Crippen molar-refractivity contribution in [3.63, 3.8) is 0 Å². The fourth-order valence-corrected chi connectivity index (χ4v) is 4.00. The van der Waals surface area contributed by atoms with Crippen LogP contribution in [0.2, 0.25) is 0 Å². The number of aromatic carboxylic acids is 1. The van der Waals surface area contributed by atoms with Crippen LogP contribution in [-0.2, 0) is 18.4 Å². The number of rotatable bonds is 6. The van der Waals surface area contributed by atoms with Crippen molar-refractivity contribution in [1.29, 1.82) is 0 Å². The minimum absolute atomic E-state index is 0.0368. The molecule has 0 aliphatic rings. The summed E-state index contributed by atoms with van der Waals surface area (Å²) in [5.41, 5.74) is 4.59. The predicted molar refractivity (Wildman–Crippen MR) is 107 cm³/mol. The highest BCUT2D eigenvalue weighted by Gasteiger charge is 2.22. The van der Waals surface area contributed by atoms with Gasteiger partial charge < -0.3 is 10.4 Å². The molecule has 2 heterocycles. The summed E-state index contributed by atoms with van der Waals surface area (Å²) < 4.78 is 1.79. The second kappa shape index (κ2) is 7.93. The van der Waals surface area contributed by atoms with Gasteiger partial charge in [0, 0.05) is 35.8 Å². The van der Waals surface area contributed by atoms with Crippen molar-refractivity contribution in [1.82, 2.24) is 20.1 Å². The molecule has 0 aliphatic carbocycles. The lowest BCUT2D eigenvalue weighted by Crippen LogP contribution is -2.28. The third-order valence-corrected chi connectivity index (χ3v) is 5.65. The van der Waals surface area contributed by atoms with Crippen molar-refractivity contribution >= 4 is 23.2 Å². The zero-order valence-corrected chi connectivity index (χ0v) is 17.0. The molecule has 1 aromatic carbocycles. The molecule has 28 heavy (non-hydrogen) atoms. The lowest BCUT2D eigenvalue weighted by Gasteiger charge is -2.13. The molecule has 1 amide bonds. The summed E-state index contributed by atoms with van der Waals surface area (Å²) in [6.07, 6.45) is 0.